The summed E-state index contributed by atoms with van der Waals surface area (Å²) in [5, 5.41) is 18.9. The van der Waals surface area contributed by atoms with E-state index in [1.54, 1.807) is 0 Å². The molecule has 12 nitrogen and oxygen atoms in total. The highest BCUT2D eigenvalue weighted by atomic mass is 16.2. The van der Waals surface area contributed by atoms with Crippen LogP contribution in [0.3, 0.4) is 0 Å². The van der Waals surface area contributed by atoms with Gasteiger partial charge in [-0.2, -0.15) is 0 Å². The molecule has 6 amide bonds. The van der Waals surface area contributed by atoms with Crippen molar-refractivity contribution in [3.63, 3.8) is 0 Å². The summed E-state index contributed by atoms with van der Waals surface area (Å²) in [4.78, 5) is 73.8. The Kier molecular flexibility index (Phi) is 36.9. The summed E-state index contributed by atoms with van der Waals surface area (Å²) in [5.74, 6) is 12.3. The first kappa shape index (κ1) is 93.2. The van der Waals surface area contributed by atoms with E-state index < -0.39 is 0 Å². The van der Waals surface area contributed by atoms with Gasteiger partial charge in [-0.15, -0.1) is 0 Å². The molecule has 0 aromatic heterocycles. The Morgan fingerprint density at radius 3 is 0.808 bits per heavy atom. The van der Waals surface area contributed by atoms with Crippen LogP contribution in [0, 0.1) is 111 Å². The fourth-order valence-electron chi connectivity index (χ4n) is 14.6. The SMILES string of the molecule is CC(C)(C)CC(CCC1CC1)C(=O)NC(C)(C)C.CC(C)(C)NC(=O)C(CCC1CC1)C(C)(C)C.CC(C)(C)NC(=O)C(CCC1CC1)CC1CC1.CC(C)(C)NC(=O)C(CCC1CC1)CC1CCC1.CC(C)C(CCC1CC1)C(=O)NC(C)(C)C.CC1CC1CC(CCC1CC1)C(=O)NC(C)(C)C. The fourth-order valence-corrected chi connectivity index (χ4v) is 14.6. The lowest BCUT2D eigenvalue weighted by Crippen LogP contribution is -2.47. The number of nitrogens with one attached hydrogen (secondary N) is 6. The lowest BCUT2D eigenvalue weighted by molar-refractivity contribution is -0.130. The van der Waals surface area contributed by atoms with Gasteiger partial charge in [0.05, 0.1) is 0 Å². The van der Waals surface area contributed by atoms with Crippen molar-refractivity contribution in [1.82, 2.24) is 31.9 Å². The highest BCUT2D eigenvalue weighted by molar-refractivity contribution is 5.82. The number of amides is 6. The van der Waals surface area contributed by atoms with Gasteiger partial charge < -0.3 is 31.9 Å². The molecule has 9 aliphatic rings. The molecule has 9 saturated carbocycles. The number of hydrogen-bond acceptors (Lipinski definition) is 6. The molecule has 0 aliphatic heterocycles. The van der Waals surface area contributed by atoms with E-state index in [0.717, 1.165) is 123 Å². The van der Waals surface area contributed by atoms with Crippen LogP contribution in [0.15, 0.2) is 0 Å². The zero-order chi connectivity index (χ0) is 78.6. The predicted molar refractivity (Wildman–Crippen MR) is 440 cm³/mol. The summed E-state index contributed by atoms with van der Waals surface area (Å²) in [6, 6.07) is 0. The Morgan fingerprint density at radius 2 is 0.558 bits per heavy atom. The van der Waals surface area contributed by atoms with Crippen molar-refractivity contribution >= 4 is 35.4 Å². The van der Waals surface area contributed by atoms with Crippen molar-refractivity contribution in [2.24, 2.45) is 111 Å². The van der Waals surface area contributed by atoms with Gasteiger partial charge in [0.25, 0.3) is 0 Å². The molecule has 0 aromatic carbocycles. The van der Waals surface area contributed by atoms with Gasteiger partial charge in [-0.25, -0.2) is 0 Å². The molecule has 0 heterocycles. The maximum absolute atomic E-state index is 12.4. The van der Waals surface area contributed by atoms with Crippen LogP contribution < -0.4 is 31.9 Å². The van der Waals surface area contributed by atoms with Crippen molar-refractivity contribution in [3.8, 4) is 0 Å². The Labute approximate surface area is 642 Å². The Morgan fingerprint density at radius 1 is 0.308 bits per heavy atom. The number of hydrogen-bond donors (Lipinski definition) is 6. The third kappa shape index (κ3) is 47.7. The smallest absolute Gasteiger partial charge is 0.224 e. The quantitative estimate of drug-likeness (QED) is 0.0391. The predicted octanol–water partition coefficient (Wildman–Crippen LogP) is 22.4. The van der Waals surface area contributed by atoms with Gasteiger partial charge in [0.2, 0.25) is 35.4 Å². The first-order valence-electron chi connectivity index (χ1n) is 43.6. The lowest BCUT2D eigenvalue weighted by atomic mass is 9.76. The van der Waals surface area contributed by atoms with E-state index in [2.05, 4.69) is 177 Å². The van der Waals surface area contributed by atoms with Crippen LogP contribution in [0.1, 0.15) is 405 Å². The number of carbonyl (C=O) groups excluding carboxylic acids is 6. The minimum absolute atomic E-state index is 0.0597. The van der Waals surface area contributed by atoms with Gasteiger partial charge in [-0.1, -0.05) is 171 Å². The molecule has 606 valence electrons. The molecular weight excluding hydrogens is 1290 g/mol. The maximum atomic E-state index is 12.4. The second kappa shape index (κ2) is 41.2. The van der Waals surface area contributed by atoms with Crippen molar-refractivity contribution in [2.45, 2.75) is 438 Å². The van der Waals surface area contributed by atoms with Gasteiger partial charge in [0, 0.05) is 68.7 Å². The Bertz CT molecular complexity index is 2490. The number of carbonyl (C=O) groups is 6. The van der Waals surface area contributed by atoms with Crippen LogP contribution in [0.25, 0.3) is 0 Å². The largest absolute Gasteiger partial charge is 0.351 e. The number of rotatable bonds is 32. The first-order valence-corrected chi connectivity index (χ1v) is 43.6. The topological polar surface area (TPSA) is 175 Å². The monoisotopic (exact) mass is 1460 g/mol. The van der Waals surface area contributed by atoms with E-state index in [0.29, 0.717) is 23.6 Å². The van der Waals surface area contributed by atoms with Crippen molar-refractivity contribution < 1.29 is 28.8 Å². The fraction of sp³-hybridized carbons (Fsp3) is 0.935. The van der Waals surface area contributed by atoms with E-state index >= 15 is 0 Å². The van der Waals surface area contributed by atoms with Crippen LogP contribution >= 0.6 is 0 Å². The van der Waals surface area contributed by atoms with Crippen LogP contribution in [0.5, 0.6) is 0 Å². The van der Waals surface area contributed by atoms with E-state index in [-0.39, 0.29) is 97.3 Å². The van der Waals surface area contributed by atoms with Crippen molar-refractivity contribution in [1.29, 1.82) is 0 Å². The minimum atomic E-state index is -0.125. The summed E-state index contributed by atoms with van der Waals surface area (Å²) < 4.78 is 0. The standard InChI is InChI=1S/2C16H29NO.C16H31NO.C15H27NO.C15H29NO.C14H27NO/c1-11-9-14(11)10-13(8-7-12-5-6-12)15(18)17-16(2,3)4;1-16(2,3)17-15(18)14(10-9-12-7-8-12)11-13-5-4-6-13;1-15(2,3)11-13(10-9-12-7-8-12)14(18)17-16(4,5)6;1-15(2,3)16-14(17)13(10-12-6-7-12)9-8-11-4-5-11;1-14(2,3)12(10-9-11-7-8-11)13(17)16-15(4,5)6;1-10(2)12(9-8-11-6-7-11)13(16)15-14(3,4)5/h11-14H,5-10H2,1-4H3,(H,17,18);12-14H,4-11H2,1-3H3,(H,17,18);12-13H,7-11H2,1-6H3,(H,17,18);11-13H,4-10H2,1-3H3,(H,16,17);11-12H,7-10H2,1-6H3,(H,16,17);10-12H,6-9H2,1-5H3,(H,15,16). The molecule has 0 saturated heterocycles. The molecule has 12 heteroatoms. The van der Waals surface area contributed by atoms with Gasteiger partial charge in [-0.3, -0.25) is 28.8 Å². The highest BCUT2D eigenvalue weighted by Gasteiger charge is 2.40. The molecule has 0 radical (unpaired) electrons. The van der Waals surface area contributed by atoms with E-state index in [1.165, 1.54) is 154 Å². The highest BCUT2D eigenvalue weighted by Crippen LogP contribution is 2.46. The van der Waals surface area contributed by atoms with E-state index in [1.807, 2.05) is 41.5 Å². The minimum Gasteiger partial charge on any atom is -0.351 e. The average molecular weight is 1460 g/mol. The van der Waals surface area contributed by atoms with Crippen LogP contribution in [0.4, 0.5) is 0 Å². The summed E-state index contributed by atoms with van der Waals surface area (Å²) in [7, 11) is 0. The third-order valence-corrected chi connectivity index (χ3v) is 22.5. The lowest BCUT2D eigenvalue weighted by Gasteiger charge is -2.33. The van der Waals surface area contributed by atoms with Crippen molar-refractivity contribution in [2.75, 3.05) is 0 Å². The molecule has 8 atom stereocenters. The zero-order valence-corrected chi connectivity index (χ0v) is 73.3. The summed E-state index contributed by atoms with van der Waals surface area (Å²) in [6.45, 7) is 56.9. The van der Waals surface area contributed by atoms with E-state index in [4.69, 9.17) is 0 Å². The van der Waals surface area contributed by atoms with Crippen LogP contribution in [-0.4, -0.2) is 68.7 Å². The average Bonchev–Trinajstić information content (AvgIpc) is 1.41. The molecule has 8 unspecified atom stereocenters. The molecule has 6 N–H and O–H groups in total. The second-order valence-electron chi connectivity index (χ2n) is 44.8. The van der Waals surface area contributed by atoms with E-state index in [9.17, 15) is 28.8 Å². The summed E-state index contributed by atoms with van der Waals surface area (Å²) >= 11 is 0. The van der Waals surface area contributed by atoms with Gasteiger partial charge >= 0.3 is 0 Å². The summed E-state index contributed by atoms with van der Waals surface area (Å²) in [6.07, 6.45) is 43.1. The molecule has 104 heavy (non-hydrogen) atoms. The molecule has 0 bridgehead atoms. The van der Waals surface area contributed by atoms with Crippen molar-refractivity contribution in [3.05, 3.63) is 0 Å². The normalized spacial score (nSPS) is 21.7. The molecule has 9 fully saturated rings. The Balaban J connectivity index is 0.000000264. The maximum Gasteiger partial charge on any atom is 0.224 e. The summed E-state index contributed by atoms with van der Waals surface area (Å²) in [5.41, 5.74) is -0.332. The molecular formula is C92H172N6O6. The Hall–Kier alpha value is -3.18. The third-order valence-electron chi connectivity index (χ3n) is 22.5. The molecule has 0 aromatic rings. The van der Waals surface area contributed by atoms with Gasteiger partial charge in [0.1, 0.15) is 0 Å². The van der Waals surface area contributed by atoms with Gasteiger partial charge in [0.15, 0.2) is 0 Å². The molecule has 9 aliphatic carbocycles. The molecule has 9 rings (SSSR count). The first-order chi connectivity index (χ1) is 47.7. The van der Waals surface area contributed by atoms with Gasteiger partial charge in [-0.05, 0) is 310 Å². The van der Waals surface area contributed by atoms with Crippen LogP contribution in [0.2, 0.25) is 0 Å². The second-order valence-corrected chi connectivity index (χ2v) is 44.8. The zero-order valence-electron chi connectivity index (χ0n) is 73.3. The van der Waals surface area contributed by atoms with Crippen LogP contribution in [-0.2, 0) is 28.8 Å². The molecule has 0 spiro atoms.